The van der Waals surface area contributed by atoms with Crippen LogP contribution in [0.25, 0.3) is 0 Å². The van der Waals surface area contributed by atoms with E-state index in [0.29, 0.717) is 32.2 Å². The molecule has 2 aliphatic rings. The van der Waals surface area contributed by atoms with Crippen LogP contribution in [0, 0.1) is 0 Å². The maximum Gasteiger partial charge on any atom is 0.475 e. The summed E-state index contributed by atoms with van der Waals surface area (Å²) in [5.74, 6) is -1.43. The number of rotatable bonds is 2. The summed E-state index contributed by atoms with van der Waals surface area (Å²) in [6.45, 7) is 5.72. The fourth-order valence-corrected chi connectivity index (χ4v) is 4.38. The van der Waals surface area contributed by atoms with Crippen LogP contribution in [0.4, 0.5) is 4.79 Å². The van der Waals surface area contributed by atoms with Gasteiger partial charge in [-0.25, -0.2) is 4.79 Å². The Kier molecular flexibility index (Phi) is 10.3. The first kappa shape index (κ1) is 26.4. The Morgan fingerprint density at radius 1 is 1.00 bits per heavy atom. The number of fused-ring (bicyclic) bond motifs is 1. The average molecular weight is 453 g/mol. The maximum atomic E-state index is 13.4. The van der Waals surface area contributed by atoms with E-state index in [9.17, 15) is 24.4 Å². The van der Waals surface area contributed by atoms with Gasteiger partial charge in [0.1, 0.15) is 17.7 Å². The van der Waals surface area contributed by atoms with E-state index in [-0.39, 0.29) is 11.8 Å². The van der Waals surface area contributed by atoms with Crippen LogP contribution in [0.3, 0.4) is 0 Å². The Labute approximate surface area is 191 Å². The van der Waals surface area contributed by atoms with Crippen molar-refractivity contribution in [2.75, 3.05) is 6.54 Å². The molecule has 3 atom stereocenters. The monoisotopic (exact) mass is 453 g/mol. The number of carbonyl (C=O) groups is 3. The molecule has 182 valence electrons. The van der Waals surface area contributed by atoms with E-state index in [4.69, 9.17) is 4.74 Å². The van der Waals surface area contributed by atoms with E-state index in [0.717, 1.165) is 44.9 Å². The molecule has 2 unspecified atom stereocenters. The molecule has 9 nitrogen and oxygen atoms in total. The van der Waals surface area contributed by atoms with Crippen molar-refractivity contribution < 1.29 is 29.2 Å². The van der Waals surface area contributed by atoms with Gasteiger partial charge in [0.25, 0.3) is 0 Å². The summed E-state index contributed by atoms with van der Waals surface area (Å²) in [6.07, 6.45) is 8.18. The highest BCUT2D eigenvalue weighted by Gasteiger charge is 2.39. The minimum Gasteiger partial charge on any atom is -0.444 e. The summed E-state index contributed by atoms with van der Waals surface area (Å²) in [5, 5.41) is 24.9. The molecular formula is C22H40BN3O6. The predicted molar refractivity (Wildman–Crippen MR) is 122 cm³/mol. The molecule has 0 aromatic rings. The Balaban J connectivity index is 2.16. The summed E-state index contributed by atoms with van der Waals surface area (Å²) in [7, 11) is -1.65. The summed E-state index contributed by atoms with van der Waals surface area (Å²) in [5.41, 5.74) is -0.679. The van der Waals surface area contributed by atoms with Crippen LogP contribution in [-0.2, 0) is 14.3 Å². The van der Waals surface area contributed by atoms with Gasteiger partial charge in [-0.2, -0.15) is 0 Å². The lowest BCUT2D eigenvalue weighted by Crippen LogP contribution is -2.56. The summed E-state index contributed by atoms with van der Waals surface area (Å²) < 4.78 is 5.35. The first-order valence-electron chi connectivity index (χ1n) is 12.0. The van der Waals surface area contributed by atoms with Gasteiger partial charge >= 0.3 is 13.2 Å². The third-order valence-corrected chi connectivity index (χ3v) is 6.02. The highest BCUT2D eigenvalue weighted by atomic mass is 16.6. The maximum absolute atomic E-state index is 13.4. The predicted octanol–water partition coefficient (Wildman–Crippen LogP) is 1.89. The molecular weight excluding hydrogens is 413 g/mol. The van der Waals surface area contributed by atoms with Crippen LogP contribution in [-0.4, -0.2) is 70.1 Å². The van der Waals surface area contributed by atoms with Crippen molar-refractivity contribution in [2.24, 2.45) is 0 Å². The minimum absolute atomic E-state index is 0.290. The topological polar surface area (TPSA) is 128 Å². The number of hydrogen-bond acceptors (Lipinski definition) is 6. The minimum atomic E-state index is -1.65. The van der Waals surface area contributed by atoms with Gasteiger partial charge in [-0.15, -0.1) is 0 Å². The fraction of sp³-hybridized carbons (Fsp3) is 0.864. The molecule has 0 radical (unpaired) electrons. The summed E-state index contributed by atoms with van der Waals surface area (Å²) in [6, 6.07) is -1.44. The van der Waals surface area contributed by atoms with Gasteiger partial charge in [0.2, 0.25) is 11.8 Å². The van der Waals surface area contributed by atoms with E-state index in [1.54, 1.807) is 20.8 Å². The van der Waals surface area contributed by atoms with E-state index in [2.05, 4.69) is 10.6 Å². The molecule has 0 aromatic carbocycles. The van der Waals surface area contributed by atoms with Crippen molar-refractivity contribution in [3.05, 3.63) is 0 Å². The summed E-state index contributed by atoms with van der Waals surface area (Å²) >= 11 is 0. The number of amides is 3. The molecule has 2 rings (SSSR count). The average Bonchev–Trinajstić information content (AvgIpc) is 3.17. The lowest BCUT2D eigenvalue weighted by atomic mass is 9.76. The van der Waals surface area contributed by atoms with Gasteiger partial charge in [-0.1, -0.05) is 44.9 Å². The van der Waals surface area contributed by atoms with Crippen molar-refractivity contribution in [1.29, 1.82) is 0 Å². The molecule has 0 aromatic heterocycles. The first-order chi connectivity index (χ1) is 15.1. The highest BCUT2D eigenvalue weighted by molar-refractivity contribution is 6.43. The largest absolute Gasteiger partial charge is 0.475 e. The van der Waals surface area contributed by atoms with Crippen LogP contribution < -0.4 is 10.6 Å². The lowest BCUT2D eigenvalue weighted by molar-refractivity contribution is -0.140. The number of nitrogens with one attached hydrogen (secondary N) is 2. The van der Waals surface area contributed by atoms with Gasteiger partial charge < -0.3 is 30.3 Å². The highest BCUT2D eigenvalue weighted by Crippen LogP contribution is 2.22. The third-order valence-electron chi connectivity index (χ3n) is 6.02. The van der Waals surface area contributed by atoms with E-state index in [1.807, 2.05) is 0 Å². The van der Waals surface area contributed by atoms with Gasteiger partial charge in [-0.05, 0) is 46.5 Å². The molecule has 0 aliphatic carbocycles. The van der Waals surface area contributed by atoms with Crippen molar-refractivity contribution in [2.45, 2.75) is 115 Å². The quantitative estimate of drug-likeness (QED) is 0.473. The molecule has 10 heteroatoms. The second kappa shape index (κ2) is 12.4. The Bertz CT molecular complexity index is 640. The Morgan fingerprint density at radius 2 is 1.59 bits per heavy atom. The van der Waals surface area contributed by atoms with Crippen molar-refractivity contribution in [3.8, 4) is 0 Å². The van der Waals surface area contributed by atoms with Gasteiger partial charge in [0.15, 0.2) is 0 Å². The molecule has 2 aliphatic heterocycles. The van der Waals surface area contributed by atoms with Crippen molar-refractivity contribution in [1.82, 2.24) is 15.5 Å². The van der Waals surface area contributed by atoms with Gasteiger partial charge in [0.05, 0.1) is 5.94 Å². The van der Waals surface area contributed by atoms with Crippen LogP contribution >= 0.6 is 0 Å². The molecule has 2 saturated heterocycles. The number of carbonyl (C=O) groups excluding carboxylic acids is 3. The van der Waals surface area contributed by atoms with Crippen LogP contribution in [0.2, 0.25) is 0 Å². The smallest absolute Gasteiger partial charge is 0.444 e. The zero-order valence-electron chi connectivity index (χ0n) is 19.8. The molecule has 32 heavy (non-hydrogen) atoms. The molecule has 0 bridgehead atoms. The second-order valence-corrected chi connectivity index (χ2v) is 9.97. The van der Waals surface area contributed by atoms with E-state index < -0.39 is 36.8 Å². The number of nitrogens with zero attached hydrogens (tertiary/aromatic N) is 1. The van der Waals surface area contributed by atoms with Crippen LogP contribution in [0.15, 0.2) is 0 Å². The zero-order chi connectivity index (χ0) is 23.7. The Morgan fingerprint density at radius 3 is 2.19 bits per heavy atom. The second-order valence-electron chi connectivity index (χ2n) is 9.97. The normalized spacial score (nSPS) is 26.8. The van der Waals surface area contributed by atoms with Crippen LogP contribution in [0.1, 0.15) is 91.4 Å². The number of alkyl carbamates (subject to hydrolysis) is 1. The fourth-order valence-electron chi connectivity index (χ4n) is 4.38. The van der Waals surface area contributed by atoms with Gasteiger partial charge in [0, 0.05) is 6.54 Å². The molecule has 0 saturated carbocycles. The van der Waals surface area contributed by atoms with Crippen molar-refractivity contribution >= 4 is 25.0 Å². The van der Waals surface area contributed by atoms with Crippen molar-refractivity contribution in [3.63, 3.8) is 0 Å². The van der Waals surface area contributed by atoms with E-state index in [1.165, 1.54) is 4.90 Å². The molecule has 2 heterocycles. The molecule has 3 amide bonds. The SMILES string of the molecule is CC(C)(C)OC(=O)N[C@H]1CCCCCCCCCC(B(O)O)NC(=O)C2CCCN2C1=O. The van der Waals surface area contributed by atoms with E-state index >= 15 is 0 Å². The Hall–Kier alpha value is -1.81. The lowest BCUT2D eigenvalue weighted by Gasteiger charge is -2.30. The van der Waals surface area contributed by atoms with Gasteiger partial charge in [-0.3, -0.25) is 9.59 Å². The standard InChI is InChI=1S/C22H40BN3O6/c1-22(2,3)32-21(29)24-16-12-9-7-5-4-6-8-10-14-18(23(30)31)25-19(27)17-13-11-15-26(17)20(16)28/h16-18,30-31H,4-15H2,1-3H3,(H,24,29)(H,25,27)/t16-,17?,18?/m0/s1. The molecule has 4 N–H and O–H groups in total. The van der Waals surface area contributed by atoms with Crippen LogP contribution in [0.5, 0.6) is 0 Å². The number of ether oxygens (including phenoxy) is 1. The third kappa shape index (κ3) is 8.62. The molecule has 0 spiro atoms. The first-order valence-corrected chi connectivity index (χ1v) is 12.0. The summed E-state index contributed by atoms with van der Waals surface area (Å²) in [4.78, 5) is 40.2. The zero-order valence-corrected chi connectivity index (χ0v) is 19.8. The molecule has 2 fully saturated rings. The number of hydrogen-bond donors (Lipinski definition) is 4.